The molecule has 5 heterocycles. The lowest BCUT2D eigenvalue weighted by Crippen LogP contribution is -2.68. The Kier molecular flexibility index (Phi) is 7.21. The minimum atomic E-state index is -0.959. The molecule has 0 spiro atoms. The van der Waals surface area contributed by atoms with Crippen LogP contribution >= 0.6 is 0 Å². The van der Waals surface area contributed by atoms with Gasteiger partial charge in [-0.15, -0.1) is 0 Å². The van der Waals surface area contributed by atoms with Crippen LogP contribution in [0.1, 0.15) is 37.2 Å². The van der Waals surface area contributed by atoms with Crippen LogP contribution in [0.15, 0.2) is 18.2 Å². The first kappa shape index (κ1) is 26.3. The van der Waals surface area contributed by atoms with Crippen molar-refractivity contribution in [1.82, 2.24) is 25.8 Å². The molecule has 0 amide bonds. The molecule has 216 valence electrons. The van der Waals surface area contributed by atoms with Crippen molar-refractivity contribution in [3.05, 3.63) is 23.8 Å². The third-order valence-electron chi connectivity index (χ3n) is 9.89. The molecular formula is C27H44N8O4. The van der Waals surface area contributed by atoms with Gasteiger partial charge in [0.1, 0.15) is 24.5 Å². The lowest BCUT2D eigenvalue weighted by Gasteiger charge is -2.42. The summed E-state index contributed by atoms with van der Waals surface area (Å²) >= 11 is 0. The number of aliphatic hydroxyl groups excluding tert-OH is 2. The van der Waals surface area contributed by atoms with Crippen LogP contribution in [-0.2, 0) is 9.47 Å². The van der Waals surface area contributed by atoms with Crippen molar-refractivity contribution >= 4 is 11.4 Å². The van der Waals surface area contributed by atoms with Gasteiger partial charge in [0, 0.05) is 25.2 Å². The molecule has 8 atom stereocenters. The summed E-state index contributed by atoms with van der Waals surface area (Å²) in [4.78, 5) is 4.35. The number of aliphatic hydroxyl groups is 2. The third-order valence-corrected chi connectivity index (χ3v) is 9.89. The van der Waals surface area contributed by atoms with Crippen LogP contribution in [0.5, 0.6) is 0 Å². The summed E-state index contributed by atoms with van der Waals surface area (Å²) in [6, 6.07) is 7.20. The molecule has 5 aliphatic heterocycles. The van der Waals surface area contributed by atoms with Crippen molar-refractivity contribution in [2.75, 3.05) is 50.8 Å². The molecule has 9 N–H and O–H groups in total. The summed E-state index contributed by atoms with van der Waals surface area (Å²) in [7, 11) is 2.11. The molecule has 5 fully saturated rings. The molecule has 39 heavy (non-hydrogen) atoms. The number of hydrogen-bond donors (Lipinski definition) is 8. The van der Waals surface area contributed by atoms with Gasteiger partial charge in [-0.1, -0.05) is 6.07 Å². The van der Waals surface area contributed by atoms with Crippen molar-refractivity contribution in [1.29, 1.82) is 0 Å². The lowest BCUT2D eigenvalue weighted by molar-refractivity contribution is -0.108. The van der Waals surface area contributed by atoms with Gasteiger partial charge in [-0.05, 0) is 56.3 Å². The number of nitrogens with one attached hydrogen (secondary N) is 5. The van der Waals surface area contributed by atoms with Gasteiger partial charge in [0.2, 0.25) is 0 Å². The number of ether oxygens (including phenoxy) is 2. The number of fused-ring (bicyclic) bond motifs is 2. The van der Waals surface area contributed by atoms with Gasteiger partial charge >= 0.3 is 0 Å². The maximum Gasteiger partial charge on any atom is 0.142 e. The molecule has 0 aromatic heterocycles. The molecule has 1 aromatic rings. The molecule has 4 saturated heterocycles. The second-order valence-corrected chi connectivity index (χ2v) is 12.4. The van der Waals surface area contributed by atoms with E-state index in [2.05, 4.69) is 56.7 Å². The number of anilines is 2. The van der Waals surface area contributed by atoms with Gasteiger partial charge in [0.25, 0.3) is 0 Å². The van der Waals surface area contributed by atoms with Gasteiger partial charge in [-0.25, -0.2) is 4.90 Å². The molecule has 4 unspecified atom stereocenters. The Labute approximate surface area is 229 Å². The van der Waals surface area contributed by atoms with Crippen LogP contribution in [0.2, 0.25) is 0 Å². The number of nitrogens with zero attached hydrogens (tertiary/aromatic N) is 2. The van der Waals surface area contributed by atoms with E-state index in [0.29, 0.717) is 37.8 Å². The molecular weight excluding hydrogens is 500 g/mol. The van der Waals surface area contributed by atoms with E-state index in [-0.39, 0.29) is 24.5 Å². The fourth-order valence-corrected chi connectivity index (χ4v) is 7.18. The highest BCUT2D eigenvalue weighted by Crippen LogP contribution is 2.39. The quantitative estimate of drug-likeness (QED) is 0.200. The van der Waals surface area contributed by atoms with E-state index >= 15 is 0 Å². The van der Waals surface area contributed by atoms with Gasteiger partial charge < -0.3 is 41.0 Å². The van der Waals surface area contributed by atoms with E-state index in [0.717, 1.165) is 32.5 Å². The Hall–Kier alpha value is -1.58. The first-order chi connectivity index (χ1) is 18.9. The summed E-state index contributed by atoms with van der Waals surface area (Å²) in [6.45, 7) is 3.41. The predicted octanol–water partition coefficient (Wildman–Crippen LogP) is -1.11. The fourth-order valence-electron chi connectivity index (χ4n) is 7.18. The molecule has 0 radical (unpaired) electrons. The Morgan fingerprint density at radius 3 is 2.67 bits per heavy atom. The van der Waals surface area contributed by atoms with Gasteiger partial charge in [0.15, 0.2) is 0 Å². The van der Waals surface area contributed by atoms with Crippen LogP contribution in [0.25, 0.3) is 0 Å². The summed E-state index contributed by atoms with van der Waals surface area (Å²) in [6.07, 6.45) is 1.79. The number of likely N-dealkylation sites (N-methyl/N-ethyl adjacent to an activating group) is 1. The van der Waals surface area contributed by atoms with Crippen molar-refractivity contribution in [3.8, 4) is 0 Å². The zero-order valence-electron chi connectivity index (χ0n) is 22.6. The standard InChI is InChI=1S/C27H44N8O4/c1-34(9-20-23(36)24(37)27(39-20)35-13-31-22-25(28)29-12-30-26(22)35)17-6-14(7-17)2-5-21-32-18-4-3-15(8-19(18)33-21)16-10-38-11-16/h3-4,8,14,16-17,20-27,29-33,36-37H,2,5-7,9-13,28H2,1H3/t14-,17-,20-,21?,22?,23-,24-,25?,26?,27-/m1/s1. The van der Waals surface area contributed by atoms with E-state index in [9.17, 15) is 10.2 Å². The molecule has 6 aliphatic rings. The molecule has 12 nitrogen and oxygen atoms in total. The Morgan fingerprint density at radius 2 is 1.87 bits per heavy atom. The first-order valence-corrected chi connectivity index (χ1v) is 14.6. The highest BCUT2D eigenvalue weighted by atomic mass is 16.6. The SMILES string of the molecule is CN(C[C@H]1O[C@@H](N2CNC3C(N)NCNC32)[C@H](O)[C@@H]1O)[C@H]1C[C@H](CCC2Nc3ccc(C4COC4)cc3N2)C1. The zero-order chi connectivity index (χ0) is 26.7. The second-order valence-electron chi connectivity index (χ2n) is 12.4. The van der Waals surface area contributed by atoms with E-state index in [1.165, 1.54) is 23.4 Å². The molecule has 12 heteroatoms. The Bertz CT molecular complexity index is 1030. The maximum absolute atomic E-state index is 10.9. The smallest absolute Gasteiger partial charge is 0.142 e. The summed E-state index contributed by atoms with van der Waals surface area (Å²) < 4.78 is 11.6. The predicted molar refractivity (Wildman–Crippen MR) is 147 cm³/mol. The third kappa shape index (κ3) is 4.94. The largest absolute Gasteiger partial charge is 0.387 e. The topological polar surface area (TPSA) is 152 Å². The van der Waals surface area contributed by atoms with Crippen molar-refractivity contribution in [2.24, 2.45) is 11.7 Å². The van der Waals surface area contributed by atoms with Gasteiger partial charge in [0.05, 0.1) is 55.8 Å². The van der Waals surface area contributed by atoms with Crippen molar-refractivity contribution < 1.29 is 19.7 Å². The molecule has 7 rings (SSSR count). The highest BCUT2D eigenvalue weighted by Gasteiger charge is 2.52. The van der Waals surface area contributed by atoms with E-state index in [4.69, 9.17) is 15.2 Å². The van der Waals surface area contributed by atoms with Gasteiger partial charge in [-0.3, -0.25) is 16.0 Å². The molecule has 1 aliphatic carbocycles. The van der Waals surface area contributed by atoms with Crippen LogP contribution in [0.3, 0.4) is 0 Å². The summed E-state index contributed by atoms with van der Waals surface area (Å²) in [5.74, 6) is 1.25. The van der Waals surface area contributed by atoms with Crippen molar-refractivity contribution in [3.63, 3.8) is 0 Å². The number of nitrogens with two attached hydrogens (primary N) is 1. The number of hydrogen-bond acceptors (Lipinski definition) is 12. The van der Waals surface area contributed by atoms with Crippen molar-refractivity contribution in [2.45, 2.75) is 86.7 Å². The lowest BCUT2D eigenvalue weighted by atomic mass is 9.76. The fraction of sp³-hybridized carbons (Fsp3) is 0.778. The molecule has 1 aromatic carbocycles. The minimum absolute atomic E-state index is 0.0176. The van der Waals surface area contributed by atoms with Gasteiger partial charge in [-0.2, -0.15) is 0 Å². The number of rotatable bonds is 8. The van der Waals surface area contributed by atoms with E-state index in [1.807, 2.05) is 4.90 Å². The zero-order valence-corrected chi connectivity index (χ0v) is 22.6. The van der Waals surface area contributed by atoms with Crippen LogP contribution < -0.4 is 32.3 Å². The Morgan fingerprint density at radius 1 is 1.05 bits per heavy atom. The average molecular weight is 545 g/mol. The van der Waals surface area contributed by atoms with E-state index in [1.54, 1.807) is 0 Å². The molecule has 1 saturated carbocycles. The number of benzene rings is 1. The second kappa shape index (κ2) is 10.7. The first-order valence-electron chi connectivity index (χ1n) is 14.6. The summed E-state index contributed by atoms with van der Waals surface area (Å²) in [5, 5.41) is 39.0. The average Bonchev–Trinajstić information content (AvgIpc) is 3.54. The maximum atomic E-state index is 10.9. The van der Waals surface area contributed by atoms with E-state index < -0.39 is 24.5 Å². The van der Waals surface area contributed by atoms with Crippen LogP contribution in [-0.4, -0.2) is 115 Å². The minimum Gasteiger partial charge on any atom is -0.387 e. The highest BCUT2D eigenvalue weighted by molar-refractivity contribution is 5.75. The van der Waals surface area contributed by atoms with Crippen LogP contribution in [0, 0.1) is 5.92 Å². The summed E-state index contributed by atoms with van der Waals surface area (Å²) in [5.41, 5.74) is 9.97. The Balaban J connectivity index is 0.851. The monoisotopic (exact) mass is 544 g/mol. The molecule has 0 bridgehead atoms. The van der Waals surface area contributed by atoms with Crippen LogP contribution in [0.4, 0.5) is 11.4 Å². The normalized spacial score (nSPS) is 42.0.